The van der Waals surface area contributed by atoms with Crippen molar-refractivity contribution in [2.75, 3.05) is 7.05 Å². The summed E-state index contributed by atoms with van der Waals surface area (Å²) in [4.78, 5) is 22.6. The minimum absolute atomic E-state index is 0.0159. The van der Waals surface area contributed by atoms with Crippen LogP contribution in [0.5, 0.6) is 0 Å². The molecule has 6 heteroatoms. The van der Waals surface area contributed by atoms with E-state index in [9.17, 15) is 4.79 Å². The first-order valence-corrected chi connectivity index (χ1v) is 11.0. The Morgan fingerprint density at radius 1 is 1.06 bits per heavy atom. The highest BCUT2D eigenvalue weighted by Gasteiger charge is 2.24. The molecule has 2 atom stereocenters. The van der Waals surface area contributed by atoms with Crippen LogP contribution in [0.2, 0.25) is 5.02 Å². The van der Waals surface area contributed by atoms with E-state index in [1.807, 2.05) is 30.3 Å². The summed E-state index contributed by atoms with van der Waals surface area (Å²) in [5, 5.41) is 4.55. The van der Waals surface area contributed by atoms with Gasteiger partial charge in [-0.15, -0.1) is 0 Å². The SMILES string of the molecule is CN(Cc1cnccn1)C(=O)c1ccc(C[C@@H]2CC[C@H](Cc3cccc(Cl)c3)N2)cc1. The fourth-order valence-electron chi connectivity index (χ4n) is 4.19. The van der Waals surface area contributed by atoms with Crippen LogP contribution in [-0.4, -0.2) is 39.9 Å². The van der Waals surface area contributed by atoms with Crippen molar-refractivity contribution in [1.82, 2.24) is 20.2 Å². The molecule has 0 aliphatic carbocycles. The Morgan fingerprint density at radius 3 is 2.48 bits per heavy atom. The third-order valence-electron chi connectivity index (χ3n) is 5.75. The number of halogens is 1. The first-order chi connectivity index (χ1) is 15.1. The molecule has 0 unspecified atom stereocenters. The van der Waals surface area contributed by atoms with Gasteiger partial charge in [-0.3, -0.25) is 14.8 Å². The van der Waals surface area contributed by atoms with E-state index in [-0.39, 0.29) is 5.91 Å². The van der Waals surface area contributed by atoms with Crippen LogP contribution in [-0.2, 0) is 19.4 Å². The van der Waals surface area contributed by atoms with Crippen molar-refractivity contribution in [3.63, 3.8) is 0 Å². The Kier molecular flexibility index (Phi) is 6.95. The molecular weight excluding hydrogens is 408 g/mol. The van der Waals surface area contributed by atoms with E-state index in [1.165, 1.54) is 17.5 Å². The second-order valence-corrected chi connectivity index (χ2v) is 8.67. The topological polar surface area (TPSA) is 58.1 Å². The average molecular weight is 435 g/mol. The summed E-state index contributed by atoms with van der Waals surface area (Å²) < 4.78 is 0. The highest BCUT2D eigenvalue weighted by molar-refractivity contribution is 6.30. The molecule has 2 heterocycles. The van der Waals surface area contributed by atoms with Gasteiger partial charge in [-0.05, 0) is 61.1 Å². The summed E-state index contributed by atoms with van der Waals surface area (Å²) in [7, 11) is 1.79. The lowest BCUT2D eigenvalue weighted by molar-refractivity contribution is 0.0783. The molecule has 2 aromatic carbocycles. The predicted molar refractivity (Wildman–Crippen MR) is 123 cm³/mol. The number of carbonyl (C=O) groups is 1. The zero-order valence-corrected chi connectivity index (χ0v) is 18.4. The van der Waals surface area contributed by atoms with Gasteiger partial charge in [0.05, 0.1) is 18.4 Å². The summed E-state index contributed by atoms with van der Waals surface area (Å²) in [6.45, 7) is 0.439. The molecule has 1 N–H and O–H groups in total. The van der Waals surface area contributed by atoms with E-state index in [4.69, 9.17) is 11.6 Å². The molecular formula is C25H27ClN4O. The molecule has 1 aromatic heterocycles. The van der Waals surface area contributed by atoms with Crippen LogP contribution in [0.4, 0.5) is 0 Å². The minimum Gasteiger partial charge on any atom is -0.336 e. The summed E-state index contributed by atoms with van der Waals surface area (Å²) in [6.07, 6.45) is 9.25. The molecule has 1 amide bonds. The van der Waals surface area contributed by atoms with Gasteiger partial charge in [-0.25, -0.2) is 0 Å². The molecule has 0 saturated carbocycles. The van der Waals surface area contributed by atoms with Crippen molar-refractivity contribution in [3.05, 3.63) is 94.5 Å². The van der Waals surface area contributed by atoms with Gasteiger partial charge in [0.2, 0.25) is 0 Å². The molecule has 1 saturated heterocycles. The maximum atomic E-state index is 12.7. The average Bonchev–Trinajstić information content (AvgIpc) is 3.21. The number of nitrogens with one attached hydrogen (secondary N) is 1. The smallest absolute Gasteiger partial charge is 0.253 e. The minimum atomic E-state index is -0.0159. The van der Waals surface area contributed by atoms with Gasteiger partial charge in [0.15, 0.2) is 0 Å². The monoisotopic (exact) mass is 434 g/mol. The second kappa shape index (κ2) is 10.0. The van der Waals surface area contributed by atoms with E-state index in [2.05, 4.69) is 33.5 Å². The van der Waals surface area contributed by atoms with Crippen LogP contribution in [0, 0.1) is 0 Å². The molecule has 0 radical (unpaired) electrons. The third kappa shape index (κ3) is 5.90. The quantitative estimate of drug-likeness (QED) is 0.602. The zero-order valence-electron chi connectivity index (χ0n) is 17.7. The fourth-order valence-corrected chi connectivity index (χ4v) is 4.40. The Bertz CT molecular complexity index is 1010. The van der Waals surface area contributed by atoms with Crippen molar-refractivity contribution >= 4 is 17.5 Å². The van der Waals surface area contributed by atoms with Gasteiger partial charge in [0.1, 0.15) is 0 Å². The molecule has 3 aromatic rings. The summed E-state index contributed by atoms with van der Waals surface area (Å²) in [6, 6.07) is 17.0. The van der Waals surface area contributed by atoms with Crippen LogP contribution < -0.4 is 5.32 Å². The largest absolute Gasteiger partial charge is 0.336 e. The molecule has 4 rings (SSSR count). The first-order valence-electron chi connectivity index (χ1n) is 10.7. The van der Waals surface area contributed by atoms with Crippen LogP contribution in [0.15, 0.2) is 67.1 Å². The zero-order chi connectivity index (χ0) is 21.6. The Hall–Kier alpha value is -2.76. The lowest BCUT2D eigenvalue weighted by Gasteiger charge is -2.17. The van der Waals surface area contributed by atoms with Crippen LogP contribution in [0.3, 0.4) is 0 Å². The van der Waals surface area contributed by atoms with Crippen molar-refractivity contribution < 1.29 is 4.79 Å². The number of hydrogen-bond donors (Lipinski definition) is 1. The number of amides is 1. The Morgan fingerprint density at radius 2 is 1.81 bits per heavy atom. The number of rotatable bonds is 7. The van der Waals surface area contributed by atoms with Crippen molar-refractivity contribution in [2.45, 2.75) is 44.3 Å². The summed E-state index contributed by atoms with van der Waals surface area (Å²) in [5.41, 5.74) is 3.98. The molecule has 1 aliphatic heterocycles. The fraction of sp³-hybridized carbons (Fsp3) is 0.320. The predicted octanol–water partition coefficient (Wildman–Crippen LogP) is 4.31. The van der Waals surface area contributed by atoms with Gasteiger partial charge in [0, 0.05) is 42.1 Å². The highest BCUT2D eigenvalue weighted by atomic mass is 35.5. The van der Waals surface area contributed by atoms with Crippen molar-refractivity contribution in [2.24, 2.45) is 0 Å². The van der Waals surface area contributed by atoms with E-state index in [1.54, 1.807) is 30.5 Å². The summed E-state index contributed by atoms with van der Waals surface area (Å²) >= 11 is 6.11. The van der Waals surface area contributed by atoms with Crippen LogP contribution in [0.25, 0.3) is 0 Å². The second-order valence-electron chi connectivity index (χ2n) is 8.23. The first kappa shape index (κ1) is 21.5. The van der Waals surface area contributed by atoms with Gasteiger partial charge in [0.25, 0.3) is 5.91 Å². The molecule has 5 nitrogen and oxygen atoms in total. The maximum Gasteiger partial charge on any atom is 0.253 e. The van der Waals surface area contributed by atoms with E-state index in [0.717, 1.165) is 30.0 Å². The Balaban J connectivity index is 1.29. The number of nitrogens with zero attached hydrogens (tertiary/aromatic N) is 3. The van der Waals surface area contributed by atoms with Gasteiger partial charge < -0.3 is 10.2 Å². The molecule has 0 spiro atoms. The van der Waals surface area contributed by atoms with Crippen LogP contribution in [0.1, 0.15) is 40.0 Å². The van der Waals surface area contributed by atoms with Gasteiger partial charge >= 0.3 is 0 Å². The number of hydrogen-bond acceptors (Lipinski definition) is 4. The Labute approximate surface area is 188 Å². The third-order valence-corrected chi connectivity index (χ3v) is 5.99. The van der Waals surface area contributed by atoms with E-state index in [0.29, 0.717) is 24.2 Å². The van der Waals surface area contributed by atoms with Crippen molar-refractivity contribution in [1.29, 1.82) is 0 Å². The molecule has 1 aliphatic rings. The maximum absolute atomic E-state index is 12.7. The molecule has 0 bridgehead atoms. The number of carbonyl (C=O) groups excluding carboxylic acids is 1. The number of aromatic nitrogens is 2. The number of benzene rings is 2. The van der Waals surface area contributed by atoms with Crippen molar-refractivity contribution in [3.8, 4) is 0 Å². The molecule has 160 valence electrons. The van der Waals surface area contributed by atoms with Gasteiger partial charge in [-0.1, -0.05) is 35.9 Å². The van der Waals surface area contributed by atoms with Gasteiger partial charge in [-0.2, -0.15) is 0 Å². The molecule has 31 heavy (non-hydrogen) atoms. The lowest BCUT2D eigenvalue weighted by atomic mass is 10.0. The van der Waals surface area contributed by atoms with Crippen LogP contribution >= 0.6 is 11.6 Å². The standard InChI is InChI=1S/C25H27ClN4O/c1-30(17-24-16-27-11-12-28-24)25(31)20-7-5-18(6-8-20)14-22-9-10-23(29-22)15-19-3-2-4-21(26)13-19/h2-8,11-13,16,22-23,29H,9-10,14-15,17H2,1H3/t22-,23+/m0/s1. The molecule has 1 fully saturated rings. The van der Waals surface area contributed by atoms with E-state index >= 15 is 0 Å². The lowest BCUT2D eigenvalue weighted by Crippen LogP contribution is -2.32. The normalized spacial score (nSPS) is 18.1. The van der Waals surface area contributed by atoms with E-state index < -0.39 is 0 Å². The highest BCUT2D eigenvalue weighted by Crippen LogP contribution is 2.21. The summed E-state index contributed by atoms with van der Waals surface area (Å²) in [5.74, 6) is -0.0159.